The zero-order valence-corrected chi connectivity index (χ0v) is 14.6. The van der Waals surface area contributed by atoms with Crippen molar-refractivity contribution in [2.75, 3.05) is 5.32 Å². The zero-order valence-electron chi connectivity index (χ0n) is 13.1. The summed E-state index contributed by atoms with van der Waals surface area (Å²) in [6.07, 6.45) is -0.177. The lowest BCUT2D eigenvalue weighted by Gasteiger charge is -2.31. The molecule has 3 aromatic carbocycles. The average molecular weight is 366 g/mol. The van der Waals surface area contributed by atoms with Gasteiger partial charge in [-0.3, -0.25) is 4.57 Å². The Morgan fingerprint density at radius 1 is 0.880 bits per heavy atom. The van der Waals surface area contributed by atoms with E-state index in [1.807, 2.05) is 42.5 Å². The molecule has 1 aliphatic rings. The molecule has 0 spiro atoms. The Balaban J connectivity index is 1.85. The molecule has 3 nitrogen and oxygen atoms in total. The van der Waals surface area contributed by atoms with Crippen molar-refractivity contribution in [3.8, 4) is 11.4 Å². The molecule has 122 valence electrons. The summed E-state index contributed by atoms with van der Waals surface area (Å²) in [5, 5.41) is 4.70. The van der Waals surface area contributed by atoms with Crippen molar-refractivity contribution in [3.63, 3.8) is 0 Å². The molecular formula is C20H13Cl2N3. The van der Waals surface area contributed by atoms with Gasteiger partial charge in [0.25, 0.3) is 0 Å². The number of rotatable bonds is 1. The summed E-state index contributed by atoms with van der Waals surface area (Å²) < 4.78 is 2.19. The van der Waals surface area contributed by atoms with E-state index in [2.05, 4.69) is 28.1 Å². The van der Waals surface area contributed by atoms with Crippen LogP contribution in [0, 0.1) is 0 Å². The minimum Gasteiger partial charge on any atom is -0.360 e. The van der Waals surface area contributed by atoms with E-state index < -0.39 is 0 Å². The average Bonchev–Trinajstić information content (AvgIpc) is 3.03. The van der Waals surface area contributed by atoms with Crippen LogP contribution in [0.1, 0.15) is 11.7 Å². The third-order valence-electron chi connectivity index (χ3n) is 4.59. The van der Waals surface area contributed by atoms with Gasteiger partial charge in [0, 0.05) is 16.8 Å². The highest BCUT2D eigenvalue weighted by Gasteiger charge is 2.29. The fraction of sp³-hybridized carbons (Fsp3) is 0.0500. The van der Waals surface area contributed by atoms with Crippen molar-refractivity contribution in [2.45, 2.75) is 6.17 Å². The van der Waals surface area contributed by atoms with Crippen LogP contribution in [0.4, 0.5) is 5.69 Å². The quantitative estimate of drug-likeness (QED) is 0.449. The van der Waals surface area contributed by atoms with Gasteiger partial charge in [-0.15, -0.1) is 0 Å². The summed E-state index contributed by atoms with van der Waals surface area (Å²) in [4.78, 5) is 4.87. The van der Waals surface area contributed by atoms with Crippen molar-refractivity contribution in [2.24, 2.45) is 0 Å². The molecule has 2 heterocycles. The number of hydrogen-bond acceptors (Lipinski definition) is 2. The third kappa shape index (κ3) is 2.16. The molecule has 25 heavy (non-hydrogen) atoms. The Hall–Kier alpha value is -2.49. The molecule has 1 atom stereocenters. The second-order valence-electron chi connectivity index (χ2n) is 6.03. The lowest BCUT2D eigenvalue weighted by molar-refractivity contribution is 0.669. The minimum absolute atomic E-state index is 0.177. The maximum absolute atomic E-state index is 6.53. The van der Waals surface area contributed by atoms with Gasteiger partial charge in [-0.25, -0.2) is 4.98 Å². The molecule has 1 aliphatic heterocycles. The van der Waals surface area contributed by atoms with Crippen molar-refractivity contribution >= 4 is 39.9 Å². The fourth-order valence-electron chi connectivity index (χ4n) is 3.46. The van der Waals surface area contributed by atoms with Gasteiger partial charge < -0.3 is 5.32 Å². The SMILES string of the molecule is Clc1cccc([C@H]2Nc3ccccc3-c3nc4ccccc4n32)c1Cl. The number of imidazole rings is 1. The number of halogens is 2. The lowest BCUT2D eigenvalue weighted by atomic mass is 10.1. The number of para-hydroxylation sites is 3. The Bertz CT molecular complexity index is 1120. The van der Waals surface area contributed by atoms with Gasteiger partial charge in [0.15, 0.2) is 0 Å². The van der Waals surface area contributed by atoms with Crippen LogP contribution >= 0.6 is 23.2 Å². The summed E-state index contributed by atoms with van der Waals surface area (Å²) in [6.45, 7) is 0. The second kappa shape index (κ2) is 5.51. The lowest BCUT2D eigenvalue weighted by Crippen LogP contribution is -2.25. The first kappa shape index (κ1) is 14.8. The van der Waals surface area contributed by atoms with E-state index in [4.69, 9.17) is 28.2 Å². The van der Waals surface area contributed by atoms with E-state index in [1.165, 1.54) is 0 Å². The van der Waals surface area contributed by atoms with Gasteiger partial charge in [-0.05, 0) is 30.3 Å². The van der Waals surface area contributed by atoms with E-state index in [1.54, 1.807) is 6.07 Å². The molecule has 4 aromatic rings. The zero-order chi connectivity index (χ0) is 17.0. The van der Waals surface area contributed by atoms with E-state index in [-0.39, 0.29) is 6.17 Å². The summed E-state index contributed by atoms with van der Waals surface area (Å²) in [5.74, 6) is 0.927. The number of aromatic nitrogens is 2. The summed E-state index contributed by atoms with van der Waals surface area (Å²) in [6, 6.07) is 22.0. The monoisotopic (exact) mass is 365 g/mol. The molecule has 0 bridgehead atoms. The minimum atomic E-state index is -0.177. The van der Waals surface area contributed by atoms with Crippen molar-refractivity contribution < 1.29 is 0 Å². The number of nitrogens with one attached hydrogen (secondary N) is 1. The Morgan fingerprint density at radius 3 is 2.60 bits per heavy atom. The largest absolute Gasteiger partial charge is 0.360 e. The van der Waals surface area contributed by atoms with Crippen LogP contribution in [0.5, 0.6) is 0 Å². The van der Waals surface area contributed by atoms with Crippen LogP contribution in [0.15, 0.2) is 66.7 Å². The highest BCUT2D eigenvalue weighted by molar-refractivity contribution is 6.42. The Kier molecular flexibility index (Phi) is 3.27. The van der Waals surface area contributed by atoms with Gasteiger partial charge in [0.05, 0.1) is 21.1 Å². The molecule has 5 heteroatoms. The van der Waals surface area contributed by atoms with Gasteiger partial charge >= 0.3 is 0 Å². The molecule has 1 aromatic heterocycles. The maximum Gasteiger partial charge on any atom is 0.145 e. The van der Waals surface area contributed by atoms with Crippen molar-refractivity contribution in [3.05, 3.63) is 82.3 Å². The van der Waals surface area contributed by atoms with Crippen LogP contribution in [0.3, 0.4) is 0 Å². The molecule has 0 unspecified atom stereocenters. The normalized spacial score (nSPS) is 15.5. The van der Waals surface area contributed by atoms with Crippen LogP contribution < -0.4 is 5.32 Å². The molecule has 0 aliphatic carbocycles. The van der Waals surface area contributed by atoms with E-state index >= 15 is 0 Å². The number of anilines is 1. The first-order valence-corrected chi connectivity index (χ1v) is 8.76. The molecule has 5 rings (SSSR count). The maximum atomic E-state index is 6.53. The predicted octanol–water partition coefficient (Wildman–Crippen LogP) is 5.98. The first-order valence-electron chi connectivity index (χ1n) is 8.01. The third-order valence-corrected chi connectivity index (χ3v) is 5.42. The molecule has 0 saturated heterocycles. The van der Waals surface area contributed by atoms with Crippen molar-refractivity contribution in [1.82, 2.24) is 9.55 Å². The van der Waals surface area contributed by atoms with Gasteiger partial charge in [-0.2, -0.15) is 0 Å². The van der Waals surface area contributed by atoms with Crippen LogP contribution in [0.25, 0.3) is 22.4 Å². The second-order valence-corrected chi connectivity index (χ2v) is 6.81. The first-order chi connectivity index (χ1) is 12.2. The van der Waals surface area contributed by atoms with Gasteiger partial charge in [0.1, 0.15) is 12.0 Å². The Labute approximate surface area is 154 Å². The molecule has 0 fully saturated rings. The molecule has 0 radical (unpaired) electrons. The molecule has 1 N–H and O–H groups in total. The molecule has 0 saturated carbocycles. The number of nitrogens with zero attached hydrogens (tertiary/aromatic N) is 2. The smallest absolute Gasteiger partial charge is 0.145 e. The van der Waals surface area contributed by atoms with E-state index in [0.717, 1.165) is 33.7 Å². The predicted molar refractivity (Wildman–Crippen MR) is 103 cm³/mol. The van der Waals surface area contributed by atoms with E-state index in [9.17, 15) is 0 Å². The standard InChI is InChI=1S/C20H13Cl2N3/c21-14-8-5-7-13(18(14)22)20-23-15-9-2-1-6-12(15)19-24-16-10-3-4-11-17(16)25(19)20/h1-11,20,23H/t20-/m0/s1. The Morgan fingerprint density at radius 2 is 1.68 bits per heavy atom. The topological polar surface area (TPSA) is 29.9 Å². The van der Waals surface area contributed by atoms with Crippen LogP contribution in [0.2, 0.25) is 10.0 Å². The number of benzene rings is 3. The van der Waals surface area contributed by atoms with E-state index in [0.29, 0.717) is 10.0 Å². The highest BCUT2D eigenvalue weighted by atomic mass is 35.5. The van der Waals surface area contributed by atoms with Crippen molar-refractivity contribution in [1.29, 1.82) is 0 Å². The van der Waals surface area contributed by atoms with Gasteiger partial charge in [0.2, 0.25) is 0 Å². The molecular weight excluding hydrogens is 353 g/mol. The number of hydrogen-bond donors (Lipinski definition) is 1. The molecule has 0 amide bonds. The number of fused-ring (bicyclic) bond motifs is 5. The fourth-order valence-corrected chi connectivity index (χ4v) is 3.87. The van der Waals surface area contributed by atoms with Crippen LogP contribution in [-0.4, -0.2) is 9.55 Å². The summed E-state index contributed by atoms with van der Waals surface area (Å²) in [7, 11) is 0. The summed E-state index contributed by atoms with van der Waals surface area (Å²) in [5.41, 5.74) is 5.05. The van der Waals surface area contributed by atoms with Crippen LogP contribution in [-0.2, 0) is 0 Å². The highest BCUT2D eigenvalue weighted by Crippen LogP contribution is 2.42. The summed E-state index contributed by atoms with van der Waals surface area (Å²) >= 11 is 12.8. The van der Waals surface area contributed by atoms with Gasteiger partial charge in [-0.1, -0.05) is 59.6 Å².